The average molecular weight is 391 g/mol. The smallest absolute Gasteiger partial charge is 0.289 e. The second-order valence-corrected chi connectivity index (χ2v) is 6.67. The lowest BCUT2D eigenvalue weighted by molar-refractivity contribution is 0.0714. The van der Waals surface area contributed by atoms with Crippen LogP contribution in [0.5, 0.6) is 0 Å². The molecule has 1 aliphatic rings. The van der Waals surface area contributed by atoms with Crippen LogP contribution in [0.25, 0.3) is 0 Å². The molecular weight excluding hydrogens is 370 g/mol. The van der Waals surface area contributed by atoms with Crippen molar-refractivity contribution in [3.63, 3.8) is 0 Å². The van der Waals surface area contributed by atoms with Crippen molar-refractivity contribution in [2.24, 2.45) is 0 Å². The molecule has 0 saturated carbocycles. The van der Waals surface area contributed by atoms with Crippen LogP contribution in [-0.2, 0) is 6.54 Å². The van der Waals surface area contributed by atoms with Crippen molar-refractivity contribution in [3.8, 4) is 0 Å². The molecule has 0 aliphatic carbocycles. The van der Waals surface area contributed by atoms with E-state index in [1.165, 1.54) is 6.26 Å². The summed E-state index contributed by atoms with van der Waals surface area (Å²) in [7, 11) is 0. The van der Waals surface area contributed by atoms with Gasteiger partial charge in [-0.05, 0) is 23.8 Å². The second-order valence-electron chi connectivity index (χ2n) is 6.67. The third-order valence-electron chi connectivity index (χ3n) is 4.75. The molecule has 3 heterocycles. The SMILES string of the molecule is O=C(NCc1ccccc1)c1ccnc(N2CCN(C(=O)c3ccco3)CC2)n1. The molecule has 0 bridgehead atoms. The van der Waals surface area contributed by atoms with E-state index in [1.54, 1.807) is 29.3 Å². The molecule has 0 spiro atoms. The topological polar surface area (TPSA) is 91.6 Å². The number of furan rings is 1. The van der Waals surface area contributed by atoms with Gasteiger partial charge in [0.05, 0.1) is 6.26 Å². The van der Waals surface area contributed by atoms with Crippen molar-refractivity contribution in [1.29, 1.82) is 0 Å². The van der Waals surface area contributed by atoms with Gasteiger partial charge in [-0.2, -0.15) is 0 Å². The van der Waals surface area contributed by atoms with Gasteiger partial charge in [-0.25, -0.2) is 9.97 Å². The van der Waals surface area contributed by atoms with Crippen molar-refractivity contribution in [2.45, 2.75) is 6.54 Å². The number of carbonyl (C=O) groups excluding carboxylic acids is 2. The zero-order valence-electron chi connectivity index (χ0n) is 15.8. The number of amides is 2. The highest BCUT2D eigenvalue weighted by molar-refractivity contribution is 5.92. The largest absolute Gasteiger partial charge is 0.459 e. The summed E-state index contributed by atoms with van der Waals surface area (Å²) in [6.07, 6.45) is 3.08. The molecule has 8 heteroatoms. The van der Waals surface area contributed by atoms with Crippen molar-refractivity contribution in [2.75, 3.05) is 31.1 Å². The van der Waals surface area contributed by atoms with E-state index in [2.05, 4.69) is 15.3 Å². The fraction of sp³-hybridized carbons (Fsp3) is 0.238. The van der Waals surface area contributed by atoms with Crippen LogP contribution in [-0.4, -0.2) is 52.9 Å². The van der Waals surface area contributed by atoms with Gasteiger partial charge >= 0.3 is 0 Å². The molecule has 29 heavy (non-hydrogen) atoms. The predicted octanol–water partition coefficient (Wildman–Crippen LogP) is 1.96. The number of aromatic nitrogens is 2. The number of rotatable bonds is 5. The van der Waals surface area contributed by atoms with E-state index in [1.807, 2.05) is 35.2 Å². The third kappa shape index (κ3) is 4.43. The molecule has 1 N–H and O–H groups in total. The first-order chi connectivity index (χ1) is 14.2. The minimum atomic E-state index is -0.246. The van der Waals surface area contributed by atoms with E-state index < -0.39 is 0 Å². The van der Waals surface area contributed by atoms with Crippen LogP contribution in [0.15, 0.2) is 65.4 Å². The highest BCUT2D eigenvalue weighted by atomic mass is 16.3. The number of nitrogens with zero attached hydrogens (tertiary/aromatic N) is 4. The van der Waals surface area contributed by atoms with Crippen LogP contribution in [0.4, 0.5) is 5.95 Å². The van der Waals surface area contributed by atoms with Gasteiger partial charge in [-0.1, -0.05) is 30.3 Å². The summed E-state index contributed by atoms with van der Waals surface area (Å²) in [6.45, 7) is 2.68. The summed E-state index contributed by atoms with van der Waals surface area (Å²) in [5, 5.41) is 2.87. The quantitative estimate of drug-likeness (QED) is 0.715. The Bertz CT molecular complexity index is 967. The van der Waals surface area contributed by atoms with Crippen LogP contribution in [0.2, 0.25) is 0 Å². The Morgan fingerprint density at radius 3 is 2.52 bits per heavy atom. The molecule has 2 aromatic heterocycles. The normalized spacial score (nSPS) is 13.9. The first-order valence-electron chi connectivity index (χ1n) is 9.43. The number of carbonyl (C=O) groups is 2. The van der Waals surface area contributed by atoms with Crippen molar-refractivity contribution < 1.29 is 14.0 Å². The summed E-state index contributed by atoms with van der Waals surface area (Å²) in [4.78, 5) is 37.2. The number of piperazine rings is 1. The van der Waals surface area contributed by atoms with Crippen molar-refractivity contribution in [1.82, 2.24) is 20.2 Å². The lowest BCUT2D eigenvalue weighted by atomic mass is 10.2. The molecule has 8 nitrogen and oxygen atoms in total. The zero-order chi connectivity index (χ0) is 20.1. The standard InChI is InChI=1S/C21H21N5O3/c27-19(23-15-16-5-2-1-3-6-16)17-8-9-22-21(24-17)26-12-10-25(11-13-26)20(28)18-7-4-14-29-18/h1-9,14H,10-13,15H2,(H,23,27). The fourth-order valence-electron chi connectivity index (χ4n) is 3.16. The van der Waals surface area contributed by atoms with E-state index in [0.29, 0.717) is 50.1 Å². The highest BCUT2D eigenvalue weighted by Crippen LogP contribution is 2.14. The van der Waals surface area contributed by atoms with Crippen LogP contribution < -0.4 is 10.2 Å². The lowest BCUT2D eigenvalue weighted by Crippen LogP contribution is -2.49. The number of benzene rings is 1. The highest BCUT2D eigenvalue weighted by Gasteiger charge is 2.25. The Hall–Kier alpha value is -3.68. The molecule has 1 aliphatic heterocycles. The fourth-order valence-corrected chi connectivity index (χ4v) is 3.16. The summed E-state index contributed by atoms with van der Waals surface area (Å²) >= 11 is 0. The zero-order valence-corrected chi connectivity index (χ0v) is 15.8. The van der Waals surface area contributed by atoms with Crippen LogP contribution in [0, 0.1) is 0 Å². The summed E-state index contributed by atoms with van der Waals surface area (Å²) in [5.74, 6) is 0.461. The number of nitrogens with one attached hydrogen (secondary N) is 1. The molecule has 1 fully saturated rings. The summed E-state index contributed by atoms with van der Waals surface area (Å²) in [6, 6.07) is 14.7. The van der Waals surface area contributed by atoms with Crippen LogP contribution in [0.1, 0.15) is 26.6 Å². The van der Waals surface area contributed by atoms with Gasteiger partial charge in [0.15, 0.2) is 5.76 Å². The first-order valence-corrected chi connectivity index (χ1v) is 9.43. The minimum absolute atomic E-state index is 0.121. The molecule has 4 rings (SSSR count). The molecule has 3 aromatic rings. The van der Waals surface area contributed by atoms with Gasteiger partial charge in [0, 0.05) is 38.9 Å². The van der Waals surface area contributed by atoms with Crippen LogP contribution >= 0.6 is 0 Å². The van der Waals surface area contributed by atoms with Gasteiger partial charge in [0.2, 0.25) is 5.95 Å². The van der Waals surface area contributed by atoms with Crippen molar-refractivity contribution >= 4 is 17.8 Å². The maximum Gasteiger partial charge on any atom is 0.289 e. The summed E-state index contributed by atoms with van der Waals surface area (Å²) in [5.41, 5.74) is 1.34. The van der Waals surface area contributed by atoms with Gasteiger partial charge in [-0.3, -0.25) is 9.59 Å². The van der Waals surface area contributed by atoms with Gasteiger partial charge < -0.3 is 19.5 Å². The van der Waals surface area contributed by atoms with E-state index in [4.69, 9.17) is 4.42 Å². The summed E-state index contributed by atoms with van der Waals surface area (Å²) < 4.78 is 5.18. The Morgan fingerprint density at radius 2 is 1.79 bits per heavy atom. The Balaban J connectivity index is 1.35. The van der Waals surface area contributed by atoms with Gasteiger partial charge in [0.1, 0.15) is 5.69 Å². The van der Waals surface area contributed by atoms with E-state index in [9.17, 15) is 9.59 Å². The molecule has 1 saturated heterocycles. The van der Waals surface area contributed by atoms with E-state index in [0.717, 1.165) is 5.56 Å². The Labute approximate surface area is 168 Å². The number of anilines is 1. The maximum absolute atomic E-state index is 12.4. The Kier molecular flexibility index (Phi) is 5.51. The molecule has 2 amide bonds. The Morgan fingerprint density at radius 1 is 1.00 bits per heavy atom. The van der Waals surface area contributed by atoms with E-state index in [-0.39, 0.29) is 11.8 Å². The lowest BCUT2D eigenvalue weighted by Gasteiger charge is -2.34. The number of hydrogen-bond acceptors (Lipinski definition) is 6. The molecule has 1 aromatic carbocycles. The molecular formula is C21H21N5O3. The van der Waals surface area contributed by atoms with Gasteiger partial charge in [-0.15, -0.1) is 0 Å². The minimum Gasteiger partial charge on any atom is -0.459 e. The van der Waals surface area contributed by atoms with Gasteiger partial charge in [0.25, 0.3) is 11.8 Å². The maximum atomic E-state index is 12.4. The predicted molar refractivity (Wildman–Crippen MR) is 106 cm³/mol. The molecule has 0 radical (unpaired) electrons. The monoisotopic (exact) mass is 391 g/mol. The van der Waals surface area contributed by atoms with Crippen molar-refractivity contribution in [3.05, 3.63) is 78.0 Å². The molecule has 148 valence electrons. The second kappa shape index (κ2) is 8.55. The molecule has 0 atom stereocenters. The van der Waals surface area contributed by atoms with Crippen LogP contribution in [0.3, 0.4) is 0 Å². The first kappa shape index (κ1) is 18.7. The molecule has 0 unspecified atom stereocenters. The van der Waals surface area contributed by atoms with E-state index >= 15 is 0 Å². The third-order valence-corrected chi connectivity index (χ3v) is 4.75. The average Bonchev–Trinajstić information content (AvgIpc) is 3.33. The number of hydrogen-bond donors (Lipinski definition) is 1.